The molecular weight excluding hydrogens is 148 g/mol. The van der Waals surface area contributed by atoms with Gasteiger partial charge in [-0.25, -0.2) is 0 Å². The molecule has 0 aromatic heterocycles. The molecule has 0 radical (unpaired) electrons. The molecule has 0 atom stereocenters. The quantitative estimate of drug-likeness (QED) is 0.675. The smallest absolute Gasteiger partial charge is 0.0612 e. The molecule has 1 aromatic carbocycles. The molecule has 0 aliphatic rings. The normalized spacial score (nSPS) is 10.8. The molecule has 1 nitrogen and oxygen atoms in total. The summed E-state index contributed by atoms with van der Waals surface area (Å²) in [4.78, 5) is 0. The third-order valence-electron chi connectivity index (χ3n) is 1.87. The number of aryl methyl sites for hydroxylation is 1. The van der Waals surface area contributed by atoms with Crippen LogP contribution in [0.15, 0.2) is 36.4 Å². The van der Waals surface area contributed by atoms with Crippen LogP contribution in [-0.2, 0) is 6.42 Å². The van der Waals surface area contributed by atoms with Crippen LogP contribution in [0.25, 0.3) is 0 Å². The molecule has 0 saturated heterocycles. The van der Waals surface area contributed by atoms with Crippen LogP contribution in [0.4, 0.5) is 0 Å². The number of hydrogen-bond donors (Lipinski definition) is 1. The second-order valence-electron chi connectivity index (χ2n) is 2.78. The van der Waals surface area contributed by atoms with Gasteiger partial charge in [0.15, 0.2) is 0 Å². The topological polar surface area (TPSA) is 20.2 Å². The summed E-state index contributed by atoms with van der Waals surface area (Å²) in [6.45, 7) is 2.23. The molecule has 0 saturated carbocycles. The molecule has 0 bridgehead atoms. The van der Waals surface area contributed by atoms with Crippen molar-refractivity contribution in [1.29, 1.82) is 0 Å². The van der Waals surface area contributed by atoms with E-state index in [1.54, 1.807) is 6.08 Å². The van der Waals surface area contributed by atoms with E-state index >= 15 is 0 Å². The highest BCUT2D eigenvalue weighted by Gasteiger charge is 1.91. The lowest BCUT2D eigenvalue weighted by atomic mass is 10.1. The first-order chi connectivity index (χ1) is 5.84. The van der Waals surface area contributed by atoms with Gasteiger partial charge in [0.1, 0.15) is 0 Å². The molecule has 12 heavy (non-hydrogen) atoms. The van der Waals surface area contributed by atoms with Gasteiger partial charge in [0, 0.05) is 0 Å². The maximum absolute atomic E-state index is 8.53. The Hall–Kier alpha value is -1.08. The van der Waals surface area contributed by atoms with Gasteiger partial charge in [-0.2, -0.15) is 0 Å². The van der Waals surface area contributed by atoms with Crippen molar-refractivity contribution in [3.05, 3.63) is 47.5 Å². The van der Waals surface area contributed by atoms with Gasteiger partial charge in [0.05, 0.1) is 6.61 Å². The summed E-state index contributed by atoms with van der Waals surface area (Å²) < 4.78 is 0. The number of hydrogen-bond acceptors (Lipinski definition) is 1. The minimum atomic E-state index is 0.131. The third-order valence-corrected chi connectivity index (χ3v) is 1.87. The van der Waals surface area contributed by atoms with Crippen molar-refractivity contribution in [2.24, 2.45) is 0 Å². The maximum Gasteiger partial charge on any atom is 0.0612 e. The van der Waals surface area contributed by atoms with E-state index in [4.69, 9.17) is 5.11 Å². The summed E-state index contributed by atoms with van der Waals surface area (Å²) in [5.41, 5.74) is 2.63. The summed E-state index contributed by atoms with van der Waals surface area (Å²) in [5, 5.41) is 8.53. The van der Waals surface area contributed by atoms with Crippen LogP contribution in [0.5, 0.6) is 0 Å². The van der Waals surface area contributed by atoms with Crippen LogP contribution in [0.3, 0.4) is 0 Å². The molecule has 0 fully saturated rings. The Balaban J connectivity index is 2.63. The predicted molar refractivity (Wildman–Crippen MR) is 51.1 cm³/mol. The highest BCUT2D eigenvalue weighted by molar-refractivity contribution is 5.27. The number of benzene rings is 1. The first-order valence-electron chi connectivity index (χ1n) is 4.15. The first-order valence-corrected chi connectivity index (χ1v) is 4.15. The Morgan fingerprint density at radius 1 is 1.25 bits per heavy atom. The third kappa shape index (κ3) is 2.51. The molecular formula is C11H14O. The van der Waals surface area contributed by atoms with E-state index in [9.17, 15) is 0 Å². The second-order valence-corrected chi connectivity index (χ2v) is 2.78. The number of rotatable bonds is 3. The van der Waals surface area contributed by atoms with Gasteiger partial charge in [0.25, 0.3) is 0 Å². The fraction of sp³-hybridized carbons (Fsp3) is 0.273. The molecule has 1 aromatic rings. The molecule has 0 spiro atoms. The molecule has 1 N–H and O–H groups in total. The largest absolute Gasteiger partial charge is 0.392 e. The summed E-state index contributed by atoms with van der Waals surface area (Å²) >= 11 is 0. The van der Waals surface area contributed by atoms with Gasteiger partial charge in [-0.1, -0.05) is 36.4 Å². The van der Waals surface area contributed by atoms with E-state index < -0.39 is 0 Å². The zero-order valence-electron chi connectivity index (χ0n) is 7.33. The Morgan fingerprint density at radius 2 is 2.00 bits per heavy atom. The molecule has 0 amide bonds. The monoisotopic (exact) mass is 162 g/mol. The Labute approximate surface area is 73.4 Å². The number of allylic oxidation sites excluding steroid dienone is 1. The lowest BCUT2D eigenvalue weighted by molar-refractivity contribution is 0.342. The molecule has 0 aliphatic heterocycles. The number of aliphatic hydroxyl groups is 1. The van der Waals surface area contributed by atoms with Crippen molar-refractivity contribution in [1.82, 2.24) is 0 Å². The van der Waals surface area contributed by atoms with E-state index in [0.29, 0.717) is 0 Å². The lowest BCUT2D eigenvalue weighted by Crippen LogP contribution is -1.85. The molecule has 1 rings (SSSR count). The fourth-order valence-electron chi connectivity index (χ4n) is 1.12. The van der Waals surface area contributed by atoms with Gasteiger partial charge in [0.2, 0.25) is 0 Å². The molecule has 1 heteroatoms. The van der Waals surface area contributed by atoms with Crippen molar-refractivity contribution in [3.63, 3.8) is 0 Å². The lowest BCUT2D eigenvalue weighted by Gasteiger charge is -2.00. The van der Waals surface area contributed by atoms with Crippen molar-refractivity contribution in [2.45, 2.75) is 13.3 Å². The Kier molecular flexibility index (Phi) is 3.55. The average molecular weight is 162 g/mol. The predicted octanol–water partition coefficient (Wildman–Crippen LogP) is 2.09. The van der Waals surface area contributed by atoms with Crippen molar-refractivity contribution in [3.8, 4) is 0 Å². The van der Waals surface area contributed by atoms with E-state index in [2.05, 4.69) is 19.1 Å². The minimum Gasteiger partial charge on any atom is -0.392 e. The van der Waals surface area contributed by atoms with E-state index in [0.717, 1.165) is 6.42 Å². The summed E-state index contributed by atoms with van der Waals surface area (Å²) in [5.74, 6) is 0. The highest BCUT2D eigenvalue weighted by atomic mass is 16.2. The number of aliphatic hydroxyl groups excluding tert-OH is 1. The zero-order valence-corrected chi connectivity index (χ0v) is 7.33. The van der Waals surface area contributed by atoms with Crippen LogP contribution in [0.1, 0.15) is 11.1 Å². The van der Waals surface area contributed by atoms with Gasteiger partial charge in [-0.05, 0) is 24.5 Å². The van der Waals surface area contributed by atoms with Crippen molar-refractivity contribution in [2.75, 3.05) is 6.61 Å². The zero-order chi connectivity index (χ0) is 8.81. The highest BCUT2D eigenvalue weighted by Crippen LogP contribution is 2.07. The van der Waals surface area contributed by atoms with E-state index in [1.807, 2.05) is 18.2 Å². The van der Waals surface area contributed by atoms with Gasteiger partial charge in [-0.3, -0.25) is 0 Å². The Morgan fingerprint density at radius 3 is 2.67 bits per heavy atom. The van der Waals surface area contributed by atoms with Crippen LogP contribution in [-0.4, -0.2) is 11.7 Å². The maximum atomic E-state index is 8.53. The van der Waals surface area contributed by atoms with Crippen LogP contribution in [0, 0.1) is 6.92 Å². The summed E-state index contributed by atoms with van der Waals surface area (Å²) in [6.07, 6.45) is 4.67. The van der Waals surface area contributed by atoms with E-state index in [-0.39, 0.29) is 6.61 Å². The standard InChI is InChI=1S/C11H14O/c1-10-6-2-3-7-11(10)8-4-5-9-12/h2-7,12H,8-9H2,1H3/b5-4-. The fourth-order valence-corrected chi connectivity index (χ4v) is 1.12. The van der Waals surface area contributed by atoms with Crippen LogP contribution >= 0.6 is 0 Å². The van der Waals surface area contributed by atoms with Crippen LogP contribution < -0.4 is 0 Å². The molecule has 64 valence electrons. The van der Waals surface area contributed by atoms with Gasteiger partial charge < -0.3 is 5.11 Å². The molecule has 0 aliphatic carbocycles. The summed E-state index contributed by atoms with van der Waals surface area (Å²) in [7, 11) is 0. The SMILES string of the molecule is Cc1ccccc1C/C=C\CO. The Bertz CT molecular complexity index is 263. The summed E-state index contributed by atoms with van der Waals surface area (Å²) in [6, 6.07) is 8.28. The molecule has 0 heterocycles. The van der Waals surface area contributed by atoms with Gasteiger partial charge in [-0.15, -0.1) is 0 Å². The average Bonchev–Trinajstić information content (AvgIpc) is 2.09. The van der Waals surface area contributed by atoms with Crippen molar-refractivity contribution < 1.29 is 5.11 Å². The van der Waals surface area contributed by atoms with Crippen molar-refractivity contribution >= 4 is 0 Å². The second kappa shape index (κ2) is 4.73. The first kappa shape index (κ1) is 9.01. The van der Waals surface area contributed by atoms with E-state index in [1.165, 1.54) is 11.1 Å². The molecule has 0 unspecified atom stereocenters. The van der Waals surface area contributed by atoms with Gasteiger partial charge >= 0.3 is 0 Å². The minimum absolute atomic E-state index is 0.131. The van der Waals surface area contributed by atoms with Crippen LogP contribution in [0.2, 0.25) is 0 Å².